The van der Waals surface area contributed by atoms with Gasteiger partial charge in [-0.2, -0.15) is 0 Å². The fourth-order valence-electron chi connectivity index (χ4n) is 10.9. The third-order valence-corrected chi connectivity index (χ3v) is 15.1. The van der Waals surface area contributed by atoms with Gasteiger partial charge in [0, 0.05) is 13.7 Å². The van der Waals surface area contributed by atoms with Crippen molar-refractivity contribution in [3.05, 3.63) is 127 Å². The number of carbonyl (C=O) groups is 2. The maximum absolute atomic E-state index is 10.5. The largest absolute Gasteiger partial charge is 1.00 e. The molecule has 12 unspecified atom stereocenters. The van der Waals surface area contributed by atoms with Gasteiger partial charge in [0.05, 0.1) is 79.3 Å². The van der Waals surface area contributed by atoms with E-state index in [1.165, 1.54) is 62.5 Å². The number of hydrogen-bond donors (Lipinski definition) is 5. The zero-order valence-corrected chi connectivity index (χ0v) is 54.0. The molecule has 0 aromatic heterocycles. The van der Waals surface area contributed by atoms with Crippen LogP contribution in [0.2, 0.25) is 0 Å². The molecule has 12 atom stereocenters. The molecule has 14 nitrogen and oxygen atoms in total. The van der Waals surface area contributed by atoms with Gasteiger partial charge >= 0.3 is 115 Å². The quantitative estimate of drug-likeness (QED) is 0.0284. The Labute approximate surface area is 553 Å². The molecule has 8 bridgehead atoms. The molecule has 9 aliphatic rings. The van der Waals surface area contributed by atoms with Gasteiger partial charge in [-0.25, -0.2) is 4.79 Å². The van der Waals surface area contributed by atoms with Crippen LogP contribution in [-0.4, -0.2) is 149 Å². The molecule has 4 saturated carbocycles. The first-order valence-corrected chi connectivity index (χ1v) is 28.2. The molecular formula is C60H87BrK2O14. The van der Waals surface area contributed by atoms with Gasteiger partial charge in [-0.1, -0.05) is 101 Å². The van der Waals surface area contributed by atoms with Crippen LogP contribution in [0.25, 0.3) is 0 Å². The minimum atomic E-state index is -0.955. The number of aliphatic hydroxyl groups is 3. The first kappa shape index (κ1) is 72.7. The topological polar surface area (TPSA) is 217 Å². The standard InChI is InChI=1S/C14H22O5.C13H11.C12H20O3.C8H12O.C8H11O.C2H3BrO2.C2H4O.CH4O.2K/c15-14(16)10-19-6-4-17-3-5-18-9-13-8-11-1-2-12(13)7-11;1-3-7-12(8-4-1)11-13-9-5-2-6-10-13;13-3-4-14-5-6-15-9-12-8-10-1-2-11(12)7-10;2*9-5-8-4-6-1-2-7(8)3-6;3-1-2(4)5;1-2-3-1;1-2;;/h1-2,11-13H,3-10H2,(H,15,16);1-11H;1-2,10-13H,3-9H2;1-2,6-9H,3-5H2;1-2,6-8H,3-5H2;1H2,(H,4,5);1-2H2;2H,1H3;;/q;-1;;;-1;;;;2*+1. The summed E-state index contributed by atoms with van der Waals surface area (Å²) in [4.78, 5) is 19.5. The van der Waals surface area contributed by atoms with Crippen molar-refractivity contribution in [2.75, 3.05) is 112 Å². The van der Waals surface area contributed by atoms with Crippen LogP contribution in [0.15, 0.2) is 109 Å². The average Bonchev–Trinajstić information content (AvgIpc) is 4.22. The Morgan fingerprint density at radius 2 is 0.883 bits per heavy atom. The van der Waals surface area contributed by atoms with Gasteiger partial charge in [-0.05, 0) is 122 Å². The fraction of sp³-hybridized carbons (Fsp3) is 0.617. The molecular weight excluding hydrogens is 1100 g/mol. The SMILES string of the molecule is C1CO1.CO.O=C(O)CBr.O=C(O)COCCOCCOCC1CC2C=CC1C2.OCC1CC2C=CC1C2.OCCOCCOCC1CC2C=CC1C2.[K+].[K+].[O-]CC1CC2C=CC1C2.c1ccc([CH-]c2ccccc2)cc1. The van der Waals surface area contributed by atoms with Crippen molar-refractivity contribution in [1.82, 2.24) is 0 Å². The molecule has 5 fully saturated rings. The summed E-state index contributed by atoms with van der Waals surface area (Å²) in [5.74, 6) is 6.81. The van der Waals surface area contributed by atoms with Crippen LogP contribution in [0, 0.1) is 77.4 Å². The monoisotopic (exact) mass is 1190 g/mol. The first-order valence-electron chi connectivity index (χ1n) is 27.1. The molecule has 77 heavy (non-hydrogen) atoms. The maximum Gasteiger partial charge on any atom is 1.00 e. The summed E-state index contributed by atoms with van der Waals surface area (Å²) >= 11 is 2.71. The van der Waals surface area contributed by atoms with E-state index in [0.29, 0.717) is 76.5 Å². The van der Waals surface area contributed by atoms with Crippen molar-refractivity contribution in [3.8, 4) is 0 Å². The van der Waals surface area contributed by atoms with Gasteiger partial charge in [-0.3, -0.25) is 4.79 Å². The number of fused-ring (bicyclic) bond motifs is 8. The second-order valence-corrected chi connectivity index (χ2v) is 20.7. The van der Waals surface area contributed by atoms with Gasteiger partial charge in [0.25, 0.3) is 0 Å². The number of aliphatic hydroxyl groups excluding tert-OH is 3. The van der Waals surface area contributed by atoms with Gasteiger partial charge in [0.2, 0.25) is 0 Å². The molecule has 420 valence electrons. The van der Waals surface area contributed by atoms with Crippen LogP contribution in [0.5, 0.6) is 0 Å². The summed E-state index contributed by atoms with van der Waals surface area (Å²) in [6.45, 7) is 7.57. The molecule has 1 aliphatic heterocycles. The number of carboxylic acids is 2. The minimum Gasteiger partial charge on any atom is -0.854 e. The molecule has 2 aromatic rings. The molecule has 0 amide bonds. The van der Waals surface area contributed by atoms with Crippen molar-refractivity contribution in [2.45, 2.75) is 51.4 Å². The van der Waals surface area contributed by atoms with Crippen LogP contribution in [0.1, 0.15) is 62.5 Å². The summed E-state index contributed by atoms with van der Waals surface area (Å²) in [5, 5.41) is 50.9. The Bertz CT molecular complexity index is 1850. The predicted octanol–water partition coefficient (Wildman–Crippen LogP) is 1.69. The summed E-state index contributed by atoms with van der Waals surface area (Å²) in [6, 6.07) is 20.7. The summed E-state index contributed by atoms with van der Waals surface area (Å²) in [7, 11) is 1.00. The number of halogens is 1. The van der Waals surface area contributed by atoms with E-state index in [1.807, 2.05) is 12.1 Å². The van der Waals surface area contributed by atoms with Gasteiger partial charge < -0.3 is 59.1 Å². The third-order valence-electron chi connectivity index (χ3n) is 14.6. The van der Waals surface area contributed by atoms with Crippen LogP contribution in [0.4, 0.5) is 0 Å². The van der Waals surface area contributed by atoms with E-state index in [1.54, 1.807) is 0 Å². The van der Waals surface area contributed by atoms with Gasteiger partial charge in [-0.15, -0.1) is 48.4 Å². The fourth-order valence-corrected chi connectivity index (χ4v) is 10.9. The van der Waals surface area contributed by atoms with Crippen molar-refractivity contribution >= 4 is 27.9 Å². The Kier molecular flexibility index (Phi) is 42.5. The Morgan fingerprint density at radius 3 is 1.16 bits per heavy atom. The summed E-state index contributed by atoms with van der Waals surface area (Å²) in [6.07, 6.45) is 30.8. The number of allylic oxidation sites excluding steroid dienone is 8. The summed E-state index contributed by atoms with van der Waals surface area (Å²) < 4.78 is 30.9. The molecule has 5 N–H and O–H groups in total. The van der Waals surface area contributed by atoms with Crippen LogP contribution in [-0.2, 0) is 38.0 Å². The molecule has 8 aliphatic carbocycles. The number of ether oxygens (including phenoxy) is 6. The molecule has 0 radical (unpaired) electrons. The van der Waals surface area contributed by atoms with Gasteiger partial charge in [0.15, 0.2) is 0 Å². The predicted molar refractivity (Wildman–Crippen MR) is 292 cm³/mol. The smallest absolute Gasteiger partial charge is 0.854 e. The number of carboxylic acid groups (broad SMARTS) is 2. The minimum absolute atomic E-state index is 0. The number of hydrogen-bond acceptors (Lipinski definition) is 12. The van der Waals surface area contributed by atoms with Crippen LogP contribution < -0.4 is 108 Å². The molecule has 2 aromatic carbocycles. The van der Waals surface area contributed by atoms with Crippen molar-refractivity contribution in [1.29, 1.82) is 0 Å². The first-order chi connectivity index (χ1) is 36.7. The summed E-state index contributed by atoms with van der Waals surface area (Å²) in [5.41, 5.74) is 2.49. The Morgan fingerprint density at radius 1 is 0.532 bits per heavy atom. The van der Waals surface area contributed by atoms with Crippen LogP contribution in [0.3, 0.4) is 0 Å². The number of benzene rings is 2. The Hall–Kier alpha value is -0.437. The second kappa shape index (κ2) is 45.1. The van der Waals surface area contributed by atoms with Crippen molar-refractivity contribution in [3.63, 3.8) is 0 Å². The van der Waals surface area contributed by atoms with E-state index >= 15 is 0 Å². The average molecular weight is 1190 g/mol. The van der Waals surface area contributed by atoms with Gasteiger partial charge in [0.1, 0.15) is 11.9 Å². The normalized spacial score (nSPS) is 27.3. The third kappa shape index (κ3) is 31.2. The second-order valence-electron chi connectivity index (χ2n) is 20.2. The zero-order valence-electron chi connectivity index (χ0n) is 46.2. The number of epoxide rings is 1. The molecule has 17 heteroatoms. The van der Waals surface area contributed by atoms with E-state index in [4.69, 9.17) is 49.2 Å². The number of aliphatic carboxylic acids is 2. The van der Waals surface area contributed by atoms with E-state index in [-0.39, 0.29) is 128 Å². The van der Waals surface area contributed by atoms with Crippen molar-refractivity contribution < 1.29 is 171 Å². The van der Waals surface area contributed by atoms with E-state index in [9.17, 15) is 14.7 Å². The molecule has 11 rings (SSSR count). The van der Waals surface area contributed by atoms with E-state index < -0.39 is 11.9 Å². The number of rotatable bonds is 22. The maximum atomic E-state index is 10.5. The molecule has 1 saturated heterocycles. The van der Waals surface area contributed by atoms with Crippen LogP contribution >= 0.6 is 15.9 Å². The molecule has 0 spiro atoms. The van der Waals surface area contributed by atoms with E-state index in [2.05, 4.69) is 124 Å². The molecule has 1 heterocycles. The Balaban J connectivity index is 0.000000319. The van der Waals surface area contributed by atoms with E-state index in [0.717, 1.165) is 80.9 Å². The zero-order chi connectivity index (χ0) is 53.9. The van der Waals surface area contributed by atoms with Crippen molar-refractivity contribution in [2.24, 2.45) is 71.0 Å². The number of alkyl halides is 1.